The molecule has 1 aromatic carbocycles. The van der Waals surface area contributed by atoms with Gasteiger partial charge in [0.05, 0.1) is 10.7 Å². The molecular weight excluding hydrogens is 276 g/mol. The second kappa shape index (κ2) is 6.75. The van der Waals surface area contributed by atoms with E-state index in [2.05, 4.69) is 10.6 Å². The standard InChI is InChI=1S/C15H21ClN2O2/c1-5-10(2)17-13(19)15(3,4)14(20)18-12-9-7-6-8-11(12)16/h6-10H,5H2,1-4H3,(H,17,19)(H,18,20). The van der Waals surface area contributed by atoms with Gasteiger partial charge in [0, 0.05) is 6.04 Å². The number of carbonyl (C=O) groups excluding carboxylic acids is 2. The van der Waals surface area contributed by atoms with Crippen molar-refractivity contribution in [3.63, 3.8) is 0 Å². The van der Waals surface area contributed by atoms with E-state index in [4.69, 9.17) is 11.6 Å². The number of nitrogens with one attached hydrogen (secondary N) is 2. The Bertz CT molecular complexity index is 500. The van der Waals surface area contributed by atoms with Crippen molar-refractivity contribution in [2.24, 2.45) is 5.41 Å². The molecule has 0 aliphatic heterocycles. The number of halogens is 1. The molecule has 0 spiro atoms. The van der Waals surface area contributed by atoms with Crippen molar-refractivity contribution in [1.29, 1.82) is 0 Å². The maximum atomic E-state index is 12.3. The Kier molecular flexibility index (Phi) is 5.57. The lowest BCUT2D eigenvalue weighted by Crippen LogP contribution is -2.47. The maximum absolute atomic E-state index is 12.3. The minimum atomic E-state index is -1.16. The van der Waals surface area contributed by atoms with Crippen LogP contribution in [0.1, 0.15) is 34.1 Å². The Balaban J connectivity index is 2.79. The number of benzene rings is 1. The van der Waals surface area contributed by atoms with Crippen LogP contribution in [0.15, 0.2) is 24.3 Å². The Morgan fingerprint density at radius 2 is 1.85 bits per heavy atom. The summed E-state index contributed by atoms with van der Waals surface area (Å²) in [6, 6.07) is 6.97. The molecule has 0 saturated heterocycles. The first-order valence-corrected chi connectivity index (χ1v) is 7.03. The molecule has 1 unspecified atom stereocenters. The number of para-hydroxylation sites is 1. The predicted molar refractivity (Wildman–Crippen MR) is 81.8 cm³/mol. The summed E-state index contributed by atoms with van der Waals surface area (Å²) in [5, 5.41) is 5.95. The van der Waals surface area contributed by atoms with Crippen molar-refractivity contribution in [3.05, 3.63) is 29.3 Å². The molecule has 0 aliphatic rings. The summed E-state index contributed by atoms with van der Waals surface area (Å²) in [5.74, 6) is -0.678. The van der Waals surface area contributed by atoms with Crippen LogP contribution in [0.5, 0.6) is 0 Å². The second-order valence-corrected chi connectivity index (χ2v) is 5.75. The number of amides is 2. The third-order valence-electron chi connectivity index (χ3n) is 3.25. The molecule has 2 N–H and O–H groups in total. The van der Waals surface area contributed by atoms with Gasteiger partial charge in [0.2, 0.25) is 11.8 Å². The Labute approximate surface area is 124 Å². The summed E-state index contributed by atoms with van der Waals surface area (Å²) in [7, 11) is 0. The SMILES string of the molecule is CCC(C)NC(=O)C(C)(C)C(=O)Nc1ccccc1Cl. The second-order valence-electron chi connectivity index (χ2n) is 5.34. The van der Waals surface area contributed by atoms with Gasteiger partial charge in [-0.3, -0.25) is 9.59 Å². The van der Waals surface area contributed by atoms with Crippen LogP contribution in [-0.2, 0) is 9.59 Å². The van der Waals surface area contributed by atoms with E-state index in [1.807, 2.05) is 13.8 Å². The molecule has 0 fully saturated rings. The van der Waals surface area contributed by atoms with Crippen molar-refractivity contribution in [2.75, 3.05) is 5.32 Å². The predicted octanol–water partition coefficient (Wildman–Crippen LogP) is 3.22. The van der Waals surface area contributed by atoms with Gasteiger partial charge in [-0.25, -0.2) is 0 Å². The first-order valence-electron chi connectivity index (χ1n) is 6.66. The Hall–Kier alpha value is -1.55. The normalized spacial score (nSPS) is 12.7. The highest BCUT2D eigenvalue weighted by Crippen LogP contribution is 2.24. The summed E-state index contributed by atoms with van der Waals surface area (Å²) in [6.07, 6.45) is 0.813. The molecule has 0 bridgehead atoms. The number of rotatable bonds is 5. The number of anilines is 1. The molecule has 4 nitrogen and oxygen atoms in total. The average Bonchev–Trinajstić information content (AvgIpc) is 2.40. The Morgan fingerprint density at radius 3 is 2.40 bits per heavy atom. The van der Waals surface area contributed by atoms with Crippen molar-refractivity contribution in [1.82, 2.24) is 5.32 Å². The summed E-state index contributed by atoms with van der Waals surface area (Å²) < 4.78 is 0. The van der Waals surface area contributed by atoms with Gasteiger partial charge in [-0.05, 0) is 39.3 Å². The molecule has 0 radical (unpaired) electrons. The molecule has 5 heteroatoms. The van der Waals surface area contributed by atoms with Gasteiger partial charge in [0.1, 0.15) is 5.41 Å². The van der Waals surface area contributed by atoms with Crippen LogP contribution in [0.4, 0.5) is 5.69 Å². The summed E-state index contributed by atoms with van der Waals surface area (Å²) in [5.41, 5.74) is -0.661. The molecule has 0 saturated carbocycles. The lowest BCUT2D eigenvalue weighted by molar-refractivity contribution is -0.138. The first-order chi connectivity index (χ1) is 9.28. The molecule has 0 heterocycles. The molecule has 1 rings (SSSR count). The van der Waals surface area contributed by atoms with Crippen LogP contribution in [0.2, 0.25) is 5.02 Å². The third kappa shape index (κ3) is 3.97. The van der Waals surface area contributed by atoms with Gasteiger partial charge in [0.15, 0.2) is 0 Å². The van der Waals surface area contributed by atoms with E-state index in [9.17, 15) is 9.59 Å². The molecule has 110 valence electrons. The van der Waals surface area contributed by atoms with E-state index in [0.717, 1.165) is 6.42 Å². The topological polar surface area (TPSA) is 58.2 Å². The lowest BCUT2D eigenvalue weighted by atomic mass is 9.90. The average molecular weight is 297 g/mol. The van der Waals surface area contributed by atoms with E-state index in [0.29, 0.717) is 10.7 Å². The highest BCUT2D eigenvalue weighted by atomic mass is 35.5. The summed E-state index contributed by atoms with van der Waals surface area (Å²) in [6.45, 7) is 7.06. The van der Waals surface area contributed by atoms with Crippen LogP contribution >= 0.6 is 11.6 Å². The molecule has 0 aliphatic carbocycles. The van der Waals surface area contributed by atoms with Gasteiger partial charge in [-0.2, -0.15) is 0 Å². The van der Waals surface area contributed by atoms with E-state index >= 15 is 0 Å². The van der Waals surface area contributed by atoms with E-state index < -0.39 is 5.41 Å². The molecule has 0 aromatic heterocycles. The van der Waals surface area contributed by atoms with Gasteiger partial charge < -0.3 is 10.6 Å². The molecule has 1 atom stereocenters. The van der Waals surface area contributed by atoms with Crippen molar-refractivity contribution < 1.29 is 9.59 Å². The largest absolute Gasteiger partial charge is 0.353 e. The molecular formula is C15H21ClN2O2. The van der Waals surface area contributed by atoms with Crippen LogP contribution in [0.25, 0.3) is 0 Å². The highest BCUT2D eigenvalue weighted by Gasteiger charge is 2.36. The van der Waals surface area contributed by atoms with E-state index in [1.165, 1.54) is 0 Å². The number of hydrogen-bond acceptors (Lipinski definition) is 2. The van der Waals surface area contributed by atoms with Crippen molar-refractivity contribution in [3.8, 4) is 0 Å². The van der Waals surface area contributed by atoms with Crippen LogP contribution < -0.4 is 10.6 Å². The van der Waals surface area contributed by atoms with Gasteiger partial charge in [-0.15, -0.1) is 0 Å². The fourth-order valence-electron chi connectivity index (χ4n) is 1.45. The fourth-order valence-corrected chi connectivity index (χ4v) is 1.63. The highest BCUT2D eigenvalue weighted by molar-refractivity contribution is 6.33. The van der Waals surface area contributed by atoms with Crippen LogP contribution in [0.3, 0.4) is 0 Å². The molecule has 2 amide bonds. The van der Waals surface area contributed by atoms with E-state index in [-0.39, 0.29) is 17.9 Å². The minimum Gasteiger partial charge on any atom is -0.353 e. The third-order valence-corrected chi connectivity index (χ3v) is 3.58. The zero-order valence-corrected chi connectivity index (χ0v) is 13.0. The van der Waals surface area contributed by atoms with E-state index in [1.54, 1.807) is 38.1 Å². The lowest BCUT2D eigenvalue weighted by Gasteiger charge is -2.25. The fraction of sp³-hybridized carbons (Fsp3) is 0.467. The number of hydrogen-bond donors (Lipinski definition) is 2. The molecule has 20 heavy (non-hydrogen) atoms. The van der Waals surface area contributed by atoms with Gasteiger partial charge >= 0.3 is 0 Å². The maximum Gasteiger partial charge on any atom is 0.239 e. The summed E-state index contributed by atoms with van der Waals surface area (Å²) >= 11 is 5.99. The Morgan fingerprint density at radius 1 is 1.25 bits per heavy atom. The van der Waals surface area contributed by atoms with Crippen molar-refractivity contribution in [2.45, 2.75) is 40.2 Å². The zero-order valence-electron chi connectivity index (χ0n) is 12.3. The van der Waals surface area contributed by atoms with Gasteiger partial charge in [0.25, 0.3) is 0 Å². The smallest absolute Gasteiger partial charge is 0.239 e. The minimum absolute atomic E-state index is 0.0369. The number of carbonyl (C=O) groups is 2. The monoisotopic (exact) mass is 296 g/mol. The molecule has 1 aromatic rings. The van der Waals surface area contributed by atoms with Gasteiger partial charge in [-0.1, -0.05) is 30.7 Å². The zero-order chi connectivity index (χ0) is 15.3. The summed E-state index contributed by atoms with van der Waals surface area (Å²) in [4.78, 5) is 24.4. The van der Waals surface area contributed by atoms with Crippen LogP contribution in [0, 0.1) is 5.41 Å². The first kappa shape index (κ1) is 16.5. The quantitative estimate of drug-likeness (QED) is 0.820. The van der Waals surface area contributed by atoms with Crippen molar-refractivity contribution >= 4 is 29.1 Å². The van der Waals surface area contributed by atoms with Crippen LogP contribution in [-0.4, -0.2) is 17.9 Å².